The van der Waals surface area contributed by atoms with Crippen molar-refractivity contribution in [1.82, 2.24) is 25.0 Å². The molecule has 6 rings (SSSR count). The van der Waals surface area contributed by atoms with Crippen molar-refractivity contribution in [3.05, 3.63) is 41.7 Å². The molecule has 2 saturated heterocycles. The van der Waals surface area contributed by atoms with Crippen LogP contribution in [0, 0.1) is 6.92 Å². The molecule has 0 spiro atoms. The minimum absolute atomic E-state index is 0.000162. The van der Waals surface area contributed by atoms with E-state index >= 15 is 0 Å². The van der Waals surface area contributed by atoms with Gasteiger partial charge in [0.05, 0.1) is 5.52 Å². The summed E-state index contributed by atoms with van der Waals surface area (Å²) in [4.78, 5) is 21.8. The summed E-state index contributed by atoms with van der Waals surface area (Å²) >= 11 is 0. The topological polar surface area (TPSA) is 86.4 Å². The summed E-state index contributed by atoms with van der Waals surface area (Å²) < 4.78 is 5.52. The first kappa shape index (κ1) is 19.7. The first-order valence-corrected chi connectivity index (χ1v) is 11.5. The number of rotatable bonds is 3. The van der Waals surface area contributed by atoms with Gasteiger partial charge in [0.1, 0.15) is 5.69 Å². The van der Waals surface area contributed by atoms with E-state index in [0.717, 1.165) is 84.7 Å². The van der Waals surface area contributed by atoms with Crippen LogP contribution < -0.4 is 5.32 Å². The summed E-state index contributed by atoms with van der Waals surface area (Å²) in [7, 11) is 0. The number of urea groups is 1. The van der Waals surface area contributed by atoms with E-state index in [2.05, 4.69) is 31.5 Å². The summed E-state index contributed by atoms with van der Waals surface area (Å²) in [5.41, 5.74) is 5.86. The normalized spacial score (nSPS) is 22.3. The molecule has 2 amide bonds. The molecular formula is C24H28N6O2. The number of aromatic nitrogens is 3. The zero-order valence-electron chi connectivity index (χ0n) is 18.3. The van der Waals surface area contributed by atoms with E-state index in [0.29, 0.717) is 12.6 Å². The second-order valence-corrected chi connectivity index (χ2v) is 9.15. The number of pyridine rings is 1. The van der Waals surface area contributed by atoms with Gasteiger partial charge < -0.3 is 15.0 Å². The molecule has 8 nitrogen and oxygen atoms in total. The summed E-state index contributed by atoms with van der Waals surface area (Å²) in [6.07, 6.45) is 5.03. The molecule has 2 aromatic heterocycles. The molecule has 3 aliphatic rings. The monoisotopic (exact) mass is 432 g/mol. The maximum absolute atomic E-state index is 13.0. The predicted molar refractivity (Wildman–Crippen MR) is 122 cm³/mol. The molecule has 2 fully saturated rings. The quantitative estimate of drug-likeness (QED) is 0.661. The Kier molecular flexibility index (Phi) is 4.84. The van der Waals surface area contributed by atoms with Crippen LogP contribution in [-0.4, -0.2) is 69.4 Å². The van der Waals surface area contributed by atoms with Crippen LogP contribution in [0.1, 0.15) is 30.5 Å². The summed E-state index contributed by atoms with van der Waals surface area (Å²) in [6.45, 7) is 6.32. The standard InChI is InChI=1S/C24H28N6O2/c1-15-10-16(2-6-25-15)23-20-11-17-13-30(24(31)26-21(17)12-22(20)27-28-23)19-3-7-29(14-19)18-4-8-32-9-5-18/h2,6,10-12,18-19H,3-5,7-9,13-14H2,1H3,(H,26,31)(H,27,28). The van der Waals surface area contributed by atoms with Gasteiger partial charge in [-0.05, 0) is 56.0 Å². The van der Waals surface area contributed by atoms with Crippen LogP contribution in [0.25, 0.3) is 22.2 Å². The Morgan fingerprint density at radius 1 is 1.12 bits per heavy atom. The number of anilines is 1. The van der Waals surface area contributed by atoms with Crippen molar-refractivity contribution in [2.24, 2.45) is 0 Å². The maximum atomic E-state index is 13.0. The average molecular weight is 433 g/mol. The van der Waals surface area contributed by atoms with Crippen molar-refractivity contribution in [3.63, 3.8) is 0 Å². The number of H-pyrrole nitrogens is 1. The van der Waals surface area contributed by atoms with Gasteiger partial charge >= 0.3 is 6.03 Å². The fourth-order valence-corrected chi connectivity index (χ4v) is 5.41. The van der Waals surface area contributed by atoms with Crippen LogP contribution in [0.4, 0.5) is 10.5 Å². The number of nitrogens with zero attached hydrogens (tertiary/aromatic N) is 4. The summed E-state index contributed by atoms with van der Waals surface area (Å²) in [5.74, 6) is 0. The largest absolute Gasteiger partial charge is 0.381 e. The number of likely N-dealkylation sites (tertiary alicyclic amines) is 1. The first-order valence-electron chi connectivity index (χ1n) is 11.5. The number of fused-ring (bicyclic) bond motifs is 2. The molecule has 0 radical (unpaired) electrons. The van der Waals surface area contributed by atoms with Crippen LogP contribution in [0.15, 0.2) is 30.5 Å². The van der Waals surface area contributed by atoms with E-state index in [9.17, 15) is 4.79 Å². The third kappa shape index (κ3) is 3.43. The molecule has 0 saturated carbocycles. The van der Waals surface area contributed by atoms with E-state index in [1.54, 1.807) is 0 Å². The number of aromatic amines is 1. The number of nitrogens with one attached hydrogen (secondary N) is 2. The molecule has 32 heavy (non-hydrogen) atoms. The molecule has 1 aromatic carbocycles. The van der Waals surface area contributed by atoms with Gasteiger partial charge in [-0.25, -0.2) is 4.79 Å². The average Bonchev–Trinajstić information content (AvgIpc) is 3.45. The zero-order chi connectivity index (χ0) is 21.7. The number of benzene rings is 1. The lowest BCUT2D eigenvalue weighted by molar-refractivity contribution is 0.0401. The molecule has 1 unspecified atom stereocenters. The molecule has 0 aliphatic carbocycles. The summed E-state index contributed by atoms with van der Waals surface area (Å²) in [6, 6.07) is 9.05. The van der Waals surface area contributed by atoms with Gasteiger partial charge in [0, 0.05) is 73.5 Å². The van der Waals surface area contributed by atoms with Gasteiger partial charge in [-0.15, -0.1) is 0 Å². The highest BCUT2D eigenvalue weighted by molar-refractivity contribution is 6.00. The zero-order valence-corrected chi connectivity index (χ0v) is 18.3. The number of ether oxygens (including phenoxy) is 1. The number of amides is 2. The van der Waals surface area contributed by atoms with Crippen molar-refractivity contribution < 1.29 is 9.53 Å². The Morgan fingerprint density at radius 2 is 2.00 bits per heavy atom. The van der Waals surface area contributed by atoms with Crippen LogP contribution >= 0.6 is 0 Å². The number of carbonyl (C=O) groups is 1. The van der Waals surface area contributed by atoms with Crippen molar-refractivity contribution in [1.29, 1.82) is 0 Å². The first-order chi connectivity index (χ1) is 15.7. The highest BCUT2D eigenvalue weighted by atomic mass is 16.5. The van der Waals surface area contributed by atoms with E-state index in [-0.39, 0.29) is 12.1 Å². The van der Waals surface area contributed by atoms with E-state index in [1.165, 1.54) is 0 Å². The van der Waals surface area contributed by atoms with E-state index in [1.807, 2.05) is 36.2 Å². The van der Waals surface area contributed by atoms with Crippen LogP contribution in [-0.2, 0) is 11.3 Å². The van der Waals surface area contributed by atoms with Gasteiger partial charge in [-0.2, -0.15) is 5.10 Å². The number of hydrogen-bond donors (Lipinski definition) is 2. The molecule has 2 N–H and O–H groups in total. The second kappa shape index (κ2) is 7.86. The molecule has 166 valence electrons. The van der Waals surface area contributed by atoms with E-state index in [4.69, 9.17) is 4.74 Å². The van der Waals surface area contributed by atoms with Crippen molar-refractivity contribution in [2.45, 2.75) is 44.8 Å². The second-order valence-electron chi connectivity index (χ2n) is 9.15. The van der Waals surface area contributed by atoms with Gasteiger partial charge in [0.2, 0.25) is 0 Å². The number of carbonyl (C=O) groups excluding carboxylic acids is 1. The molecule has 3 aliphatic heterocycles. The van der Waals surface area contributed by atoms with E-state index < -0.39 is 0 Å². The lowest BCUT2D eigenvalue weighted by Crippen LogP contribution is -2.47. The molecule has 0 bridgehead atoms. The molecule has 8 heteroatoms. The SMILES string of the molecule is Cc1cc(-c2n[nH]c3cc4c(cc23)CN(C2CCN(C3CCOCC3)C2)C(=O)N4)ccn1. The maximum Gasteiger partial charge on any atom is 0.322 e. The summed E-state index contributed by atoms with van der Waals surface area (Å²) in [5, 5.41) is 11.9. The highest BCUT2D eigenvalue weighted by Gasteiger charge is 2.36. The Morgan fingerprint density at radius 3 is 2.84 bits per heavy atom. The van der Waals surface area contributed by atoms with Crippen LogP contribution in [0.2, 0.25) is 0 Å². The lowest BCUT2D eigenvalue weighted by Gasteiger charge is -2.35. The smallest absolute Gasteiger partial charge is 0.322 e. The van der Waals surface area contributed by atoms with Crippen LogP contribution in [0.5, 0.6) is 0 Å². The van der Waals surface area contributed by atoms with Crippen molar-refractivity contribution >= 4 is 22.6 Å². The van der Waals surface area contributed by atoms with Crippen molar-refractivity contribution in [3.8, 4) is 11.3 Å². The van der Waals surface area contributed by atoms with Gasteiger partial charge in [-0.1, -0.05) is 0 Å². The number of aryl methyl sites for hydroxylation is 1. The third-order valence-electron chi connectivity index (χ3n) is 7.14. The van der Waals surface area contributed by atoms with Crippen LogP contribution in [0.3, 0.4) is 0 Å². The Labute approximate surface area is 186 Å². The van der Waals surface area contributed by atoms with Gasteiger partial charge in [0.15, 0.2) is 0 Å². The molecular weight excluding hydrogens is 404 g/mol. The van der Waals surface area contributed by atoms with Crippen molar-refractivity contribution in [2.75, 3.05) is 31.6 Å². The third-order valence-corrected chi connectivity index (χ3v) is 7.14. The number of hydrogen-bond acceptors (Lipinski definition) is 5. The minimum atomic E-state index is 0.000162. The molecule has 5 heterocycles. The lowest BCUT2D eigenvalue weighted by atomic mass is 10.0. The van der Waals surface area contributed by atoms with Gasteiger partial charge in [-0.3, -0.25) is 15.0 Å². The highest BCUT2D eigenvalue weighted by Crippen LogP contribution is 2.35. The van der Waals surface area contributed by atoms with Gasteiger partial charge in [0.25, 0.3) is 0 Å². The fourth-order valence-electron chi connectivity index (χ4n) is 5.41. The molecule has 1 atom stereocenters. The Hall–Kier alpha value is -2.97. The Balaban J connectivity index is 1.27. The molecule has 3 aromatic rings. The Bertz CT molecular complexity index is 1170. The predicted octanol–water partition coefficient (Wildman–Crippen LogP) is 3.53. The fraction of sp³-hybridized carbons (Fsp3) is 0.458. The minimum Gasteiger partial charge on any atom is -0.381 e.